The summed E-state index contributed by atoms with van der Waals surface area (Å²) >= 11 is 0. The number of carbonyl (C=O) groups is 3. The van der Waals surface area contributed by atoms with E-state index in [0.29, 0.717) is 6.42 Å². The van der Waals surface area contributed by atoms with Crippen molar-refractivity contribution in [3.8, 4) is 5.75 Å². The monoisotopic (exact) mass is 382 g/mol. The van der Waals surface area contributed by atoms with Crippen molar-refractivity contribution in [2.24, 2.45) is 5.92 Å². The van der Waals surface area contributed by atoms with Crippen molar-refractivity contribution in [1.82, 2.24) is 5.32 Å². The quantitative estimate of drug-likeness (QED) is 0.385. The minimum absolute atomic E-state index is 0.0678. The largest absolute Gasteiger partial charge is 0.496 e. The number of hydrogen-bond donors (Lipinski definition) is 1. The lowest BCUT2D eigenvalue weighted by Crippen LogP contribution is -2.44. The van der Waals surface area contributed by atoms with Gasteiger partial charge in [0.2, 0.25) is 0 Å². The number of nitro groups is 1. The van der Waals surface area contributed by atoms with Crippen LogP contribution in [0.15, 0.2) is 18.2 Å². The fourth-order valence-corrected chi connectivity index (χ4v) is 2.24. The summed E-state index contributed by atoms with van der Waals surface area (Å²) in [4.78, 5) is 46.0. The number of nitrogens with one attached hydrogen (secondary N) is 1. The van der Waals surface area contributed by atoms with E-state index in [0.717, 1.165) is 6.07 Å². The highest BCUT2D eigenvalue weighted by Gasteiger charge is 2.24. The number of methoxy groups -OCH3 is 2. The average molecular weight is 382 g/mol. The number of esters is 2. The maximum atomic E-state index is 12.2. The van der Waals surface area contributed by atoms with E-state index in [1.165, 1.54) is 26.4 Å². The van der Waals surface area contributed by atoms with E-state index in [1.54, 1.807) is 0 Å². The van der Waals surface area contributed by atoms with E-state index in [-0.39, 0.29) is 22.9 Å². The lowest BCUT2D eigenvalue weighted by molar-refractivity contribution is -0.384. The standard InChI is InChI=1S/C17H22N2O8/c1-10(2)7-13(17(22)26-4)18-15(20)9-27-16(21)12-8-11(19(23)24)5-6-14(12)25-3/h5-6,8,10,13H,7,9H2,1-4H3,(H,18,20)/t13-/m1/s1. The van der Waals surface area contributed by atoms with Gasteiger partial charge in [-0.2, -0.15) is 0 Å². The Balaban J connectivity index is 2.78. The molecule has 1 aromatic rings. The van der Waals surface area contributed by atoms with E-state index < -0.39 is 35.4 Å². The zero-order valence-corrected chi connectivity index (χ0v) is 15.5. The summed E-state index contributed by atoms with van der Waals surface area (Å²) in [5.74, 6) is -2.10. The second kappa shape index (κ2) is 10.1. The molecular weight excluding hydrogens is 360 g/mol. The van der Waals surface area contributed by atoms with Gasteiger partial charge in [0.15, 0.2) is 6.61 Å². The Labute approximate surface area is 155 Å². The molecule has 0 aliphatic heterocycles. The number of nitro benzene ring substituents is 1. The highest BCUT2D eigenvalue weighted by Crippen LogP contribution is 2.24. The molecule has 1 aromatic carbocycles. The maximum absolute atomic E-state index is 12.2. The fraction of sp³-hybridized carbons (Fsp3) is 0.471. The number of ether oxygens (including phenoxy) is 3. The third kappa shape index (κ3) is 6.57. The van der Waals surface area contributed by atoms with Crippen molar-refractivity contribution < 1.29 is 33.5 Å². The molecule has 0 unspecified atom stereocenters. The molecule has 0 heterocycles. The molecular formula is C17H22N2O8. The van der Waals surface area contributed by atoms with Crippen LogP contribution in [0.25, 0.3) is 0 Å². The van der Waals surface area contributed by atoms with Crippen LogP contribution in [0.5, 0.6) is 5.75 Å². The molecule has 10 nitrogen and oxygen atoms in total. The Kier molecular flexibility index (Phi) is 8.18. The van der Waals surface area contributed by atoms with Gasteiger partial charge in [-0.05, 0) is 18.4 Å². The first kappa shape index (κ1) is 21.9. The number of hydrogen-bond acceptors (Lipinski definition) is 8. The van der Waals surface area contributed by atoms with Crippen molar-refractivity contribution in [3.05, 3.63) is 33.9 Å². The first-order valence-electron chi connectivity index (χ1n) is 8.06. The van der Waals surface area contributed by atoms with Gasteiger partial charge >= 0.3 is 11.9 Å². The molecule has 1 atom stereocenters. The first-order chi connectivity index (χ1) is 12.7. The lowest BCUT2D eigenvalue weighted by Gasteiger charge is -2.18. The maximum Gasteiger partial charge on any atom is 0.342 e. The summed E-state index contributed by atoms with van der Waals surface area (Å²) in [5, 5.41) is 13.3. The third-order valence-corrected chi connectivity index (χ3v) is 3.48. The van der Waals surface area contributed by atoms with Crippen LogP contribution < -0.4 is 10.1 Å². The fourth-order valence-electron chi connectivity index (χ4n) is 2.24. The van der Waals surface area contributed by atoms with E-state index in [4.69, 9.17) is 9.47 Å². The molecule has 0 aliphatic carbocycles. The summed E-state index contributed by atoms with van der Waals surface area (Å²) in [6.07, 6.45) is 0.352. The Bertz CT molecular complexity index is 717. The molecule has 0 fully saturated rings. The summed E-state index contributed by atoms with van der Waals surface area (Å²) in [6, 6.07) is 2.56. The highest BCUT2D eigenvalue weighted by atomic mass is 16.6. The van der Waals surface area contributed by atoms with Crippen molar-refractivity contribution >= 4 is 23.5 Å². The smallest absolute Gasteiger partial charge is 0.342 e. The average Bonchev–Trinajstić information content (AvgIpc) is 2.63. The Hall–Kier alpha value is -3.17. The molecule has 0 radical (unpaired) electrons. The predicted octanol–water partition coefficient (Wildman–Crippen LogP) is 1.46. The van der Waals surface area contributed by atoms with E-state index in [9.17, 15) is 24.5 Å². The first-order valence-corrected chi connectivity index (χ1v) is 8.06. The number of rotatable bonds is 9. The zero-order valence-electron chi connectivity index (χ0n) is 15.5. The minimum atomic E-state index is -0.968. The van der Waals surface area contributed by atoms with Crippen molar-refractivity contribution in [2.45, 2.75) is 26.3 Å². The number of carbonyl (C=O) groups excluding carboxylic acids is 3. The Morgan fingerprint density at radius 1 is 1.22 bits per heavy atom. The van der Waals surface area contributed by atoms with Crippen LogP contribution in [0.1, 0.15) is 30.6 Å². The van der Waals surface area contributed by atoms with Gasteiger partial charge in [0.05, 0.1) is 19.1 Å². The second-order valence-corrected chi connectivity index (χ2v) is 5.99. The zero-order chi connectivity index (χ0) is 20.6. The molecule has 0 spiro atoms. The molecule has 0 bridgehead atoms. The second-order valence-electron chi connectivity index (χ2n) is 5.99. The normalized spacial score (nSPS) is 11.4. The van der Waals surface area contributed by atoms with Crippen molar-refractivity contribution in [1.29, 1.82) is 0 Å². The number of benzene rings is 1. The molecule has 0 aliphatic rings. The van der Waals surface area contributed by atoms with Crippen LogP contribution in [-0.2, 0) is 19.1 Å². The minimum Gasteiger partial charge on any atom is -0.496 e. The third-order valence-electron chi connectivity index (χ3n) is 3.48. The molecule has 1 amide bonds. The molecule has 1 N–H and O–H groups in total. The molecule has 0 saturated carbocycles. The van der Waals surface area contributed by atoms with Gasteiger partial charge in [0.25, 0.3) is 11.6 Å². The van der Waals surface area contributed by atoms with Crippen molar-refractivity contribution in [2.75, 3.05) is 20.8 Å². The topological polar surface area (TPSA) is 134 Å². The number of amides is 1. The molecule has 1 rings (SSSR count). The summed E-state index contributed by atoms with van der Waals surface area (Å²) in [5.41, 5.74) is -0.513. The van der Waals surface area contributed by atoms with Crippen LogP contribution in [0, 0.1) is 16.0 Å². The van der Waals surface area contributed by atoms with E-state index >= 15 is 0 Å². The predicted molar refractivity (Wildman–Crippen MR) is 93.3 cm³/mol. The van der Waals surface area contributed by atoms with Gasteiger partial charge in [-0.15, -0.1) is 0 Å². The van der Waals surface area contributed by atoms with Crippen LogP contribution in [-0.4, -0.2) is 49.6 Å². The van der Waals surface area contributed by atoms with Gasteiger partial charge in [-0.3, -0.25) is 14.9 Å². The van der Waals surface area contributed by atoms with E-state index in [1.807, 2.05) is 13.8 Å². The molecule has 0 aromatic heterocycles. The Morgan fingerprint density at radius 3 is 2.41 bits per heavy atom. The van der Waals surface area contributed by atoms with Gasteiger partial charge in [0.1, 0.15) is 17.4 Å². The number of non-ortho nitro benzene ring substituents is 1. The summed E-state index contributed by atoms with van der Waals surface area (Å²) in [7, 11) is 2.49. The van der Waals surface area contributed by atoms with Gasteiger partial charge in [-0.1, -0.05) is 13.8 Å². The summed E-state index contributed by atoms with van der Waals surface area (Å²) in [6.45, 7) is 3.07. The van der Waals surface area contributed by atoms with Gasteiger partial charge < -0.3 is 19.5 Å². The molecule has 27 heavy (non-hydrogen) atoms. The SMILES string of the molecule is COC(=O)[C@@H](CC(C)C)NC(=O)COC(=O)c1cc([N+](=O)[O-])ccc1OC. The van der Waals surface area contributed by atoms with E-state index in [2.05, 4.69) is 10.1 Å². The van der Waals surface area contributed by atoms with Gasteiger partial charge in [0, 0.05) is 12.1 Å². The molecule has 10 heteroatoms. The van der Waals surface area contributed by atoms with Crippen molar-refractivity contribution in [3.63, 3.8) is 0 Å². The van der Waals surface area contributed by atoms with Crippen LogP contribution in [0.3, 0.4) is 0 Å². The number of nitrogens with zero attached hydrogens (tertiary/aromatic N) is 1. The molecule has 0 saturated heterocycles. The summed E-state index contributed by atoms with van der Waals surface area (Å²) < 4.78 is 14.5. The van der Waals surface area contributed by atoms with Gasteiger partial charge in [-0.25, -0.2) is 9.59 Å². The Morgan fingerprint density at radius 2 is 1.89 bits per heavy atom. The van der Waals surface area contributed by atoms with Crippen LogP contribution >= 0.6 is 0 Å². The van der Waals surface area contributed by atoms with Crippen LogP contribution in [0.4, 0.5) is 5.69 Å². The lowest BCUT2D eigenvalue weighted by atomic mass is 10.0. The highest BCUT2D eigenvalue weighted by molar-refractivity contribution is 5.95. The molecule has 148 valence electrons. The van der Waals surface area contributed by atoms with Crippen LogP contribution in [0.2, 0.25) is 0 Å².